The third-order valence-corrected chi connectivity index (χ3v) is 3.02. The van der Waals surface area contributed by atoms with Crippen molar-refractivity contribution in [1.82, 2.24) is 10.2 Å². The molecule has 1 heterocycles. The average Bonchev–Trinajstić information content (AvgIpc) is 2.70. The first-order chi connectivity index (χ1) is 7.15. The number of halogens is 1. The van der Waals surface area contributed by atoms with Crippen LogP contribution in [-0.4, -0.2) is 38.5 Å². The van der Waals surface area contributed by atoms with Gasteiger partial charge in [0.2, 0.25) is 0 Å². The van der Waals surface area contributed by atoms with E-state index in [1.807, 2.05) is 19.0 Å². The fourth-order valence-corrected chi connectivity index (χ4v) is 2.14. The molecule has 1 aromatic heterocycles. The van der Waals surface area contributed by atoms with E-state index in [1.54, 1.807) is 18.4 Å². The van der Waals surface area contributed by atoms with E-state index in [9.17, 15) is 0 Å². The van der Waals surface area contributed by atoms with E-state index in [0.29, 0.717) is 5.92 Å². The number of aliphatic imine (C=N–C) groups is 1. The Hall–Kier alpha value is -0.300. The second-order valence-corrected chi connectivity index (χ2v) is 4.56. The molecule has 0 aromatic carbocycles. The topological polar surface area (TPSA) is 27.6 Å². The van der Waals surface area contributed by atoms with Gasteiger partial charge in [-0.2, -0.15) is 11.3 Å². The van der Waals surface area contributed by atoms with E-state index in [0.717, 1.165) is 12.5 Å². The minimum absolute atomic E-state index is 0. The van der Waals surface area contributed by atoms with Gasteiger partial charge in [0.25, 0.3) is 0 Å². The summed E-state index contributed by atoms with van der Waals surface area (Å²) in [6.45, 7) is 3.14. The fourth-order valence-electron chi connectivity index (χ4n) is 1.35. The van der Waals surface area contributed by atoms with Crippen molar-refractivity contribution in [2.45, 2.75) is 12.8 Å². The van der Waals surface area contributed by atoms with E-state index in [4.69, 9.17) is 0 Å². The summed E-state index contributed by atoms with van der Waals surface area (Å²) in [5.41, 5.74) is 1.39. The summed E-state index contributed by atoms with van der Waals surface area (Å²) in [5.74, 6) is 1.45. The molecule has 1 unspecified atom stereocenters. The van der Waals surface area contributed by atoms with Crippen LogP contribution in [0.5, 0.6) is 0 Å². The number of hydrogen-bond acceptors (Lipinski definition) is 2. The summed E-state index contributed by atoms with van der Waals surface area (Å²) in [5, 5.41) is 7.65. The summed E-state index contributed by atoms with van der Waals surface area (Å²) in [4.78, 5) is 6.16. The molecule has 1 aromatic rings. The standard InChI is InChI=1S/C11H19N3S.HI/c1-9(10-5-6-15-8-10)7-13-11(12-2)14(3)4;/h5-6,8-9H,7H2,1-4H3,(H,12,13);1H. The predicted octanol–water partition coefficient (Wildman–Crippen LogP) is 2.61. The maximum atomic E-state index is 4.17. The Labute approximate surface area is 119 Å². The first-order valence-corrected chi connectivity index (χ1v) is 5.99. The normalized spacial score (nSPS) is 12.9. The van der Waals surface area contributed by atoms with E-state index >= 15 is 0 Å². The third-order valence-electron chi connectivity index (χ3n) is 2.31. The van der Waals surface area contributed by atoms with E-state index in [-0.39, 0.29) is 24.0 Å². The SMILES string of the molecule is CN=C(NCC(C)c1ccsc1)N(C)C.I. The molecular weight excluding hydrogens is 333 g/mol. The Balaban J connectivity index is 0.00000225. The zero-order chi connectivity index (χ0) is 11.3. The molecular formula is C11H20IN3S. The summed E-state index contributed by atoms with van der Waals surface area (Å²) < 4.78 is 0. The summed E-state index contributed by atoms with van der Waals surface area (Å²) >= 11 is 1.75. The van der Waals surface area contributed by atoms with Crippen molar-refractivity contribution < 1.29 is 0 Å². The first kappa shape index (κ1) is 15.7. The van der Waals surface area contributed by atoms with E-state index < -0.39 is 0 Å². The summed E-state index contributed by atoms with van der Waals surface area (Å²) in [6.07, 6.45) is 0. The highest BCUT2D eigenvalue weighted by Crippen LogP contribution is 2.16. The number of hydrogen-bond donors (Lipinski definition) is 1. The Kier molecular flexibility index (Phi) is 7.74. The number of thiophene rings is 1. The Morgan fingerprint density at radius 2 is 2.25 bits per heavy atom. The molecule has 3 nitrogen and oxygen atoms in total. The minimum Gasteiger partial charge on any atom is -0.356 e. The van der Waals surface area contributed by atoms with Crippen LogP contribution in [0.2, 0.25) is 0 Å². The average molecular weight is 353 g/mol. The highest BCUT2D eigenvalue weighted by Gasteiger charge is 2.07. The van der Waals surface area contributed by atoms with Gasteiger partial charge in [0.05, 0.1) is 0 Å². The molecule has 0 saturated carbocycles. The lowest BCUT2D eigenvalue weighted by Gasteiger charge is -2.19. The number of nitrogens with zero attached hydrogens (tertiary/aromatic N) is 2. The maximum Gasteiger partial charge on any atom is 0.193 e. The van der Waals surface area contributed by atoms with Crippen molar-refractivity contribution in [3.8, 4) is 0 Å². The van der Waals surface area contributed by atoms with Crippen LogP contribution in [0, 0.1) is 0 Å². The second-order valence-electron chi connectivity index (χ2n) is 3.78. The van der Waals surface area contributed by atoms with Gasteiger partial charge in [-0.3, -0.25) is 4.99 Å². The van der Waals surface area contributed by atoms with Crippen LogP contribution >= 0.6 is 35.3 Å². The molecule has 16 heavy (non-hydrogen) atoms. The van der Waals surface area contributed by atoms with Crippen LogP contribution in [0.4, 0.5) is 0 Å². The van der Waals surface area contributed by atoms with Crippen molar-refractivity contribution in [2.75, 3.05) is 27.7 Å². The molecule has 1 rings (SSSR count). The highest BCUT2D eigenvalue weighted by atomic mass is 127. The molecule has 0 aliphatic carbocycles. The monoisotopic (exact) mass is 353 g/mol. The smallest absolute Gasteiger partial charge is 0.193 e. The van der Waals surface area contributed by atoms with Gasteiger partial charge < -0.3 is 10.2 Å². The molecule has 0 saturated heterocycles. The lowest BCUT2D eigenvalue weighted by molar-refractivity contribution is 0.571. The van der Waals surface area contributed by atoms with Gasteiger partial charge in [0.1, 0.15) is 0 Å². The van der Waals surface area contributed by atoms with Crippen LogP contribution in [0.15, 0.2) is 21.8 Å². The zero-order valence-electron chi connectivity index (χ0n) is 10.2. The first-order valence-electron chi connectivity index (χ1n) is 5.05. The van der Waals surface area contributed by atoms with Crippen molar-refractivity contribution in [3.63, 3.8) is 0 Å². The van der Waals surface area contributed by atoms with Gasteiger partial charge >= 0.3 is 0 Å². The van der Waals surface area contributed by atoms with Crippen LogP contribution < -0.4 is 5.32 Å². The van der Waals surface area contributed by atoms with Crippen molar-refractivity contribution >= 4 is 41.3 Å². The predicted molar refractivity (Wildman–Crippen MR) is 83.2 cm³/mol. The van der Waals surface area contributed by atoms with Crippen LogP contribution in [-0.2, 0) is 0 Å². The molecule has 0 spiro atoms. The molecule has 0 radical (unpaired) electrons. The minimum atomic E-state index is 0. The van der Waals surface area contributed by atoms with Gasteiger partial charge in [0, 0.05) is 27.7 Å². The zero-order valence-corrected chi connectivity index (χ0v) is 13.4. The van der Waals surface area contributed by atoms with E-state index in [1.165, 1.54) is 5.56 Å². The lowest BCUT2D eigenvalue weighted by Crippen LogP contribution is -2.38. The largest absolute Gasteiger partial charge is 0.356 e. The molecule has 0 aliphatic heterocycles. The molecule has 0 amide bonds. The van der Waals surface area contributed by atoms with Gasteiger partial charge in [0.15, 0.2) is 5.96 Å². The van der Waals surface area contributed by atoms with Gasteiger partial charge in [-0.1, -0.05) is 6.92 Å². The van der Waals surface area contributed by atoms with Gasteiger partial charge in [-0.25, -0.2) is 0 Å². The number of rotatable bonds is 3. The fraction of sp³-hybridized carbons (Fsp3) is 0.545. The van der Waals surface area contributed by atoms with Crippen LogP contribution in [0.1, 0.15) is 18.4 Å². The highest BCUT2D eigenvalue weighted by molar-refractivity contribution is 14.0. The van der Waals surface area contributed by atoms with Crippen molar-refractivity contribution in [2.24, 2.45) is 4.99 Å². The number of guanidine groups is 1. The van der Waals surface area contributed by atoms with Gasteiger partial charge in [-0.05, 0) is 28.3 Å². The second kappa shape index (κ2) is 7.89. The quantitative estimate of drug-likeness (QED) is 0.514. The van der Waals surface area contributed by atoms with E-state index in [2.05, 4.69) is 34.1 Å². The number of nitrogens with one attached hydrogen (secondary N) is 1. The summed E-state index contributed by atoms with van der Waals surface area (Å²) in [7, 11) is 5.78. The van der Waals surface area contributed by atoms with Gasteiger partial charge in [-0.15, -0.1) is 24.0 Å². The molecule has 0 bridgehead atoms. The maximum absolute atomic E-state index is 4.17. The van der Waals surface area contributed by atoms with Crippen molar-refractivity contribution in [1.29, 1.82) is 0 Å². The van der Waals surface area contributed by atoms with Crippen molar-refractivity contribution in [3.05, 3.63) is 22.4 Å². The molecule has 1 atom stereocenters. The molecule has 0 fully saturated rings. The Morgan fingerprint density at radius 1 is 1.56 bits per heavy atom. The van der Waals surface area contributed by atoms with Crippen LogP contribution in [0.25, 0.3) is 0 Å². The Morgan fingerprint density at radius 3 is 2.69 bits per heavy atom. The Bertz CT molecular complexity index is 309. The molecule has 92 valence electrons. The molecule has 0 aliphatic rings. The molecule has 5 heteroatoms. The summed E-state index contributed by atoms with van der Waals surface area (Å²) in [6, 6.07) is 2.18. The lowest BCUT2D eigenvalue weighted by atomic mass is 10.1. The molecule has 1 N–H and O–H groups in total. The van der Waals surface area contributed by atoms with Crippen LogP contribution in [0.3, 0.4) is 0 Å². The third kappa shape index (κ3) is 4.69.